The van der Waals surface area contributed by atoms with Crippen molar-refractivity contribution in [3.63, 3.8) is 0 Å². The van der Waals surface area contributed by atoms with E-state index in [1.807, 2.05) is 54.6 Å². The van der Waals surface area contributed by atoms with E-state index in [1.54, 1.807) is 12.4 Å². The summed E-state index contributed by atoms with van der Waals surface area (Å²) in [5.74, 6) is 0.834. The van der Waals surface area contributed by atoms with Crippen molar-refractivity contribution < 1.29 is 5.21 Å². The molecule has 0 unspecified atom stereocenters. The summed E-state index contributed by atoms with van der Waals surface area (Å²) < 4.78 is 0. The minimum absolute atomic E-state index is 0.753. The van der Waals surface area contributed by atoms with Gasteiger partial charge in [0.1, 0.15) is 5.82 Å². The fraction of sp³-hybridized carbons (Fsp3) is 0.0870. The van der Waals surface area contributed by atoms with Crippen LogP contribution in [-0.4, -0.2) is 25.9 Å². The lowest BCUT2D eigenvalue weighted by atomic mass is 10.0. The topological polar surface area (TPSA) is 74.2 Å². The summed E-state index contributed by atoms with van der Waals surface area (Å²) in [4.78, 5) is 12.6. The Morgan fingerprint density at radius 2 is 1.68 bits per heavy atom. The van der Waals surface area contributed by atoms with Crippen LogP contribution in [0, 0.1) is 0 Å². The van der Waals surface area contributed by atoms with Crippen LogP contribution in [0.25, 0.3) is 33.9 Å². The molecule has 0 saturated carbocycles. The van der Waals surface area contributed by atoms with E-state index >= 15 is 0 Å². The smallest absolute Gasteiger partial charge is 0.138 e. The number of aryl methyl sites for hydroxylation is 1. The summed E-state index contributed by atoms with van der Waals surface area (Å²) >= 11 is 0. The number of imidazole rings is 1. The van der Waals surface area contributed by atoms with Crippen molar-refractivity contribution in [3.05, 3.63) is 84.2 Å². The van der Waals surface area contributed by atoms with Gasteiger partial charge in [-0.3, -0.25) is 4.98 Å². The minimum atomic E-state index is 0.753. The first-order valence-corrected chi connectivity index (χ1v) is 9.24. The average molecular weight is 366 g/mol. The van der Waals surface area contributed by atoms with Crippen molar-refractivity contribution in [3.8, 4) is 33.9 Å². The number of nitrogens with zero attached hydrogens (tertiary/aromatic N) is 3. The van der Waals surface area contributed by atoms with Gasteiger partial charge in [0.15, 0.2) is 0 Å². The van der Waals surface area contributed by atoms with Crippen LogP contribution < -0.4 is 0 Å². The Kier molecular flexibility index (Phi) is 3.98. The molecule has 2 heterocycles. The molecule has 2 aromatic carbocycles. The molecule has 2 N–H and O–H groups in total. The van der Waals surface area contributed by atoms with Gasteiger partial charge in [-0.1, -0.05) is 47.6 Å². The molecule has 1 aliphatic carbocycles. The summed E-state index contributed by atoms with van der Waals surface area (Å²) in [5, 5.41) is 12.6. The Bertz CT molecular complexity index is 1160. The van der Waals surface area contributed by atoms with Gasteiger partial charge in [-0.05, 0) is 36.6 Å². The van der Waals surface area contributed by atoms with Crippen molar-refractivity contribution in [2.45, 2.75) is 12.8 Å². The van der Waals surface area contributed by atoms with Crippen molar-refractivity contribution in [2.24, 2.45) is 5.16 Å². The first-order chi connectivity index (χ1) is 13.8. The first-order valence-electron chi connectivity index (χ1n) is 9.24. The number of rotatable bonds is 3. The van der Waals surface area contributed by atoms with Crippen LogP contribution in [0.4, 0.5) is 0 Å². The molecule has 0 amide bonds. The third-order valence-corrected chi connectivity index (χ3v) is 5.16. The molecule has 28 heavy (non-hydrogen) atoms. The molecule has 136 valence electrons. The Morgan fingerprint density at radius 3 is 2.46 bits per heavy atom. The maximum Gasteiger partial charge on any atom is 0.138 e. The van der Waals surface area contributed by atoms with Gasteiger partial charge in [0.05, 0.1) is 17.1 Å². The van der Waals surface area contributed by atoms with Gasteiger partial charge in [0.2, 0.25) is 0 Å². The molecule has 5 heteroatoms. The van der Waals surface area contributed by atoms with Crippen LogP contribution in [0.2, 0.25) is 0 Å². The zero-order valence-electron chi connectivity index (χ0n) is 15.1. The van der Waals surface area contributed by atoms with E-state index in [0.717, 1.165) is 58.0 Å². The second-order valence-corrected chi connectivity index (χ2v) is 6.83. The molecule has 0 spiro atoms. The number of nitrogens with one attached hydrogen (secondary N) is 1. The summed E-state index contributed by atoms with van der Waals surface area (Å²) in [6, 6.07) is 20.3. The Labute approximate surface area is 162 Å². The first kappa shape index (κ1) is 16.4. The zero-order chi connectivity index (χ0) is 18.9. The van der Waals surface area contributed by atoms with Crippen molar-refractivity contribution >= 4 is 5.71 Å². The number of fused-ring (bicyclic) bond motifs is 1. The third-order valence-electron chi connectivity index (χ3n) is 5.16. The molecule has 0 aliphatic heterocycles. The third kappa shape index (κ3) is 2.77. The molecule has 0 fully saturated rings. The van der Waals surface area contributed by atoms with E-state index in [4.69, 9.17) is 4.98 Å². The summed E-state index contributed by atoms with van der Waals surface area (Å²) in [7, 11) is 0. The van der Waals surface area contributed by atoms with Crippen LogP contribution in [0.1, 0.15) is 17.5 Å². The zero-order valence-corrected chi connectivity index (χ0v) is 15.1. The molecule has 0 saturated heterocycles. The van der Waals surface area contributed by atoms with Crippen LogP contribution in [0.3, 0.4) is 0 Å². The maximum absolute atomic E-state index is 9.19. The molecule has 5 nitrogen and oxygen atoms in total. The van der Waals surface area contributed by atoms with E-state index in [-0.39, 0.29) is 0 Å². The lowest BCUT2D eigenvalue weighted by Crippen LogP contribution is -1.94. The van der Waals surface area contributed by atoms with Gasteiger partial charge < -0.3 is 10.2 Å². The predicted octanol–water partition coefficient (Wildman–Crippen LogP) is 4.93. The van der Waals surface area contributed by atoms with Crippen LogP contribution in [-0.2, 0) is 6.42 Å². The monoisotopic (exact) mass is 366 g/mol. The number of aromatic amines is 1. The highest BCUT2D eigenvalue weighted by Crippen LogP contribution is 2.35. The second kappa shape index (κ2) is 6.78. The van der Waals surface area contributed by atoms with E-state index in [9.17, 15) is 5.21 Å². The fourth-order valence-electron chi connectivity index (χ4n) is 3.76. The molecular weight excluding hydrogens is 348 g/mol. The lowest BCUT2D eigenvalue weighted by Gasteiger charge is -2.06. The summed E-state index contributed by atoms with van der Waals surface area (Å²) in [5.41, 5.74) is 7.96. The van der Waals surface area contributed by atoms with Gasteiger partial charge in [-0.25, -0.2) is 4.98 Å². The molecule has 4 aromatic rings. The molecular formula is C23H18N4O. The van der Waals surface area contributed by atoms with E-state index in [0.29, 0.717) is 0 Å². The van der Waals surface area contributed by atoms with E-state index in [1.165, 1.54) is 5.56 Å². The quantitative estimate of drug-likeness (QED) is 0.399. The molecule has 0 radical (unpaired) electrons. The minimum Gasteiger partial charge on any atom is -0.411 e. The molecule has 5 rings (SSSR count). The molecule has 2 aromatic heterocycles. The number of pyridine rings is 1. The normalized spacial score (nSPS) is 14.4. The van der Waals surface area contributed by atoms with Crippen molar-refractivity contribution in [2.75, 3.05) is 0 Å². The maximum atomic E-state index is 9.19. The summed E-state index contributed by atoms with van der Waals surface area (Å²) in [6.07, 6.45) is 5.22. The SMILES string of the molecule is O/N=C1\CCc2cc(-c3nc(-c4ccccc4)[nH]c3-c3ccncc3)ccc21. The van der Waals surface area contributed by atoms with Gasteiger partial charge in [0, 0.05) is 34.6 Å². The van der Waals surface area contributed by atoms with E-state index in [2.05, 4.69) is 21.2 Å². The highest BCUT2D eigenvalue weighted by Gasteiger charge is 2.21. The largest absolute Gasteiger partial charge is 0.411 e. The summed E-state index contributed by atoms with van der Waals surface area (Å²) in [6.45, 7) is 0. The van der Waals surface area contributed by atoms with Crippen molar-refractivity contribution in [1.29, 1.82) is 0 Å². The number of aromatic nitrogens is 3. The lowest BCUT2D eigenvalue weighted by molar-refractivity contribution is 0.318. The molecule has 0 atom stereocenters. The number of H-pyrrole nitrogens is 1. The van der Waals surface area contributed by atoms with Crippen LogP contribution >= 0.6 is 0 Å². The van der Waals surface area contributed by atoms with E-state index < -0.39 is 0 Å². The second-order valence-electron chi connectivity index (χ2n) is 6.83. The Morgan fingerprint density at radius 1 is 0.857 bits per heavy atom. The number of oxime groups is 1. The number of benzene rings is 2. The highest BCUT2D eigenvalue weighted by molar-refractivity contribution is 6.04. The number of hydrogen-bond donors (Lipinski definition) is 2. The van der Waals surface area contributed by atoms with Gasteiger partial charge in [0.25, 0.3) is 0 Å². The number of hydrogen-bond acceptors (Lipinski definition) is 4. The molecule has 0 bridgehead atoms. The van der Waals surface area contributed by atoms with Gasteiger partial charge >= 0.3 is 0 Å². The Hall–Kier alpha value is -3.73. The van der Waals surface area contributed by atoms with Crippen LogP contribution in [0.15, 0.2) is 78.2 Å². The van der Waals surface area contributed by atoms with Crippen LogP contribution in [0.5, 0.6) is 0 Å². The van der Waals surface area contributed by atoms with Gasteiger partial charge in [-0.15, -0.1) is 0 Å². The molecule has 1 aliphatic rings. The predicted molar refractivity (Wildman–Crippen MR) is 109 cm³/mol. The standard InChI is InChI=1S/C23H18N4O/c28-27-20-9-7-17-14-18(6-8-19(17)20)22-21(15-10-12-24-13-11-15)25-23(26-22)16-4-2-1-3-5-16/h1-6,8,10-14,28H,7,9H2,(H,25,26)/b27-20+. The fourth-order valence-corrected chi connectivity index (χ4v) is 3.76. The average Bonchev–Trinajstić information content (AvgIpc) is 3.39. The van der Waals surface area contributed by atoms with Crippen molar-refractivity contribution in [1.82, 2.24) is 15.0 Å². The highest BCUT2D eigenvalue weighted by atomic mass is 16.4. The Balaban J connectivity index is 1.67. The van der Waals surface area contributed by atoms with Gasteiger partial charge in [-0.2, -0.15) is 0 Å².